The van der Waals surface area contributed by atoms with Gasteiger partial charge in [-0.1, -0.05) is 24.3 Å². The van der Waals surface area contributed by atoms with Crippen molar-refractivity contribution in [3.05, 3.63) is 59.7 Å². The third kappa shape index (κ3) is 3.83. The standard InChI is InChI=1S/C20H19N3O4/c24-18-9-8-17(19(25)22-18)23-11-13-6-7-15(10-14(13)12-23)21-20(26)27-16-4-2-1-3-5-16/h1-7,10,17H,8-9,11-12H2,(H,21,26)(H,22,24,25). The molecule has 138 valence electrons. The number of carbonyl (C=O) groups is 3. The maximum atomic E-state index is 12.1. The smallest absolute Gasteiger partial charge is 0.410 e. The number of rotatable bonds is 3. The normalized spacial score (nSPS) is 19.3. The average molecular weight is 365 g/mol. The minimum absolute atomic E-state index is 0.212. The molecule has 3 amide bonds. The first-order valence-corrected chi connectivity index (χ1v) is 8.82. The number of benzene rings is 2. The molecule has 2 aromatic rings. The number of piperidine rings is 1. The number of hydrogen-bond donors (Lipinski definition) is 2. The Hall–Kier alpha value is -3.19. The molecule has 1 saturated heterocycles. The first-order chi connectivity index (χ1) is 13.1. The first-order valence-electron chi connectivity index (χ1n) is 8.82. The van der Waals surface area contributed by atoms with Gasteiger partial charge < -0.3 is 4.74 Å². The molecular weight excluding hydrogens is 346 g/mol. The second kappa shape index (κ2) is 7.20. The maximum absolute atomic E-state index is 12.1. The van der Waals surface area contributed by atoms with E-state index in [1.807, 2.05) is 24.3 Å². The number of nitrogens with zero attached hydrogens (tertiary/aromatic N) is 1. The van der Waals surface area contributed by atoms with Crippen LogP contribution < -0.4 is 15.4 Å². The molecule has 1 atom stereocenters. The van der Waals surface area contributed by atoms with Crippen LogP contribution in [0.4, 0.5) is 10.5 Å². The molecule has 2 aliphatic rings. The van der Waals surface area contributed by atoms with E-state index < -0.39 is 6.09 Å². The van der Waals surface area contributed by atoms with E-state index in [2.05, 4.69) is 15.5 Å². The summed E-state index contributed by atoms with van der Waals surface area (Å²) in [6.45, 7) is 1.25. The van der Waals surface area contributed by atoms with Crippen LogP contribution in [0, 0.1) is 0 Å². The molecule has 0 saturated carbocycles. The molecule has 1 unspecified atom stereocenters. The van der Waals surface area contributed by atoms with Crippen molar-refractivity contribution in [2.75, 3.05) is 5.32 Å². The highest BCUT2D eigenvalue weighted by molar-refractivity contribution is 6.00. The summed E-state index contributed by atoms with van der Waals surface area (Å²) in [5, 5.41) is 5.13. The van der Waals surface area contributed by atoms with Crippen molar-refractivity contribution >= 4 is 23.6 Å². The van der Waals surface area contributed by atoms with E-state index in [0.717, 1.165) is 11.1 Å². The van der Waals surface area contributed by atoms with Gasteiger partial charge in [0.15, 0.2) is 0 Å². The highest BCUT2D eigenvalue weighted by Crippen LogP contribution is 2.29. The van der Waals surface area contributed by atoms with Crippen molar-refractivity contribution in [2.24, 2.45) is 0 Å². The van der Waals surface area contributed by atoms with Gasteiger partial charge in [0.25, 0.3) is 0 Å². The summed E-state index contributed by atoms with van der Waals surface area (Å²) >= 11 is 0. The zero-order valence-electron chi connectivity index (χ0n) is 14.6. The fraction of sp³-hybridized carbons (Fsp3) is 0.250. The molecule has 7 nitrogen and oxygen atoms in total. The average Bonchev–Trinajstić information content (AvgIpc) is 3.05. The quantitative estimate of drug-likeness (QED) is 0.816. The van der Waals surface area contributed by atoms with Gasteiger partial charge in [-0.25, -0.2) is 4.79 Å². The van der Waals surface area contributed by atoms with Gasteiger partial charge in [-0.3, -0.25) is 25.1 Å². The van der Waals surface area contributed by atoms with Crippen LogP contribution in [0.5, 0.6) is 5.75 Å². The number of fused-ring (bicyclic) bond motifs is 1. The van der Waals surface area contributed by atoms with Crippen molar-refractivity contribution in [2.45, 2.75) is 32.0 Å². The van der Waals surface area contributed by atoms with Crippen LogP contribution in [0.3, 0.4) is 0 Å². The topological polar surface area (TPSA) is 87.7 Å². The van der Waals surface area contributed by atoms with Crippen molar-refractivity contribution in [1.82, 2.24) is 10.2 Å². The molecule has 0 aliphatic carbocycles. The van der Waals surface area contributed by atoms with Gasteiger partial charge in [0.2, 0.25) is 11.8 Å². The number of anilines is 1. The van der Waals surface area contributed by atoms with E-state index in [0.29, 0.717) is 37.4 Å². The van der Waals surface area contributed by atoms with Crippen LogP contribution in [0.2, 0.25) is 0 Å². The summed E-state index contributed by atoms with van der Waals surface area (Å²) in [6, 6.07) is 14.2. The maximum Gasteiger partial charge on any atom is 0.417 e. The van der Waals surface area contributed by atoms with E-state index in [1.54, 1.807) is 24.3 Å². The first kappa shape index (κ1) is 17.2. The van der Waals surface area contributed by atoms with Crippen LogP contribution in [0.25, 0.3) is 0 Å². The molecule has 2 heterocycles. The Bertz CT molecular complexity index is 897. The summed E-state index contributed by atoms with van der Waals surface area (Å²) in [4.78, 5) is 37.5. The predicted molar refractivity (Wildman–Crippen MR) is 97.9 cm³/mol. The summed E-state index contributed by atoms with van der Waals surface area (Å²) in [5.41, 5.74) is 2.80. The van der Waals surface area contributed by atoms with Gasteiger partial charge in [-0.2, -0.15) is 0 Å². The largest absolute Gasteiger partial charge is 0.417 e. The lowest BCUT2D eigenvalue weighted by atomic mass is 10.0. The third-order valence-electron chi connectivity index (χ3n) is 4.80. The Labute approximate surface area is 156 Å². The van der Waals surface area contributed by atoms with Crippen LogP contribution >= 0.6 is 0 Å². The number of hydrogen-bond acceptors (Lipinski definition) is 5. The van der Waals surface area contributed by atoms with Gasteiger partial charge in [-0.15, -0.1) is 0 Å². The zero-order valence-corrected chi connectivity index (χ0v) is 14.6. The third-order valence-corrected chi connectivity index (χ3v) is 4.80. The summed E-state index contributed by atoms with van der Waals surface area (Å²) in [5.74, 6) is 0.0282. The molecule has 4 rings (SSSR count). The van der Waals surface area contributed by atoms with E-state index in [9.17, 15) is 14.4 Å². The molecule has 0 spiro atoms. The molecule has 1 fully saturated rings. The van der Waals surface area contributed by atoms with Gasteiger partial charge in [0, 0.05) is 25.2 Å². The van der Waals surface area contributed by atoms with E-state index >= 15 is 0 Å². The SMILES string of the molecule is O=C1CCC(N2Cc3ccc(NC(=O)Oc4ccccc4)cc3C2)C(=O)N1. The number of ether oxygens (including phenoxy) is 1. The predicted octanol–water partition coefficient (Wildman–Crippen LogP) is 2.42. The van der Waals surface area contributed by atoms with E-state index in [-0.39, 0.29) is 17.9 Å². The highest BCUT2D eigenvalue weighted by atomic mass is 16.6. The van der Waals surface area contributed by atoms with E-state index in [1.165, 1.54) is 0 Å². The lowest BCUT2D eigenvalue weighted by Crippen LogP contribution is -2.50. The van der Waals surface area contributed by atoms with Crippen LogP contribution in [0.15, 0.2) is 48.5 Å². The molecule has 0 aromatic heterocycles. The van der Waals surface area contributed by atoms with Gasteiger partial charge in [0.05, 0.1) is 6.04 Å². The van der Waals surface area contributed by atoms with Crippen LogP contribution in [-0.2, 0) is 22.7 Å². The number of imide groups is 1. The summed E-state index contributed by atoms with van der Waals surface area (Å²) < 4.78 is 5.23. The Balaban J connectivity index is 1.40. The molecule has 0 bridgehead atoms. The highest BCUT2D eigenvalue weighted by Gasteiger charge is 2.34. The van der Waals surface area contributed by atoms with Crippen molar-refractivity contribution in [3.8, 4) is 5.75 Å². The Morgan fingerprint density at radius 2 is 1.85 bits per heavy atom. The molecule has 7 heteroatoms. The number of carbonyl (C=O) groups excluding carboxylic acids is 3. The number of para-hydroxylation sites is 1. The Morgan fingerprint density at radius 1 is 1.07 bits per heavy atom. The van der Waals surface area contributed by atoms with Crippen LogP contribution in [-0.4, -0.2) is 28.8 Å². The molecule has 2 aliphatic heterocycles. The molecular formula is C20H19N3O4. The minimum Gasteiger partial charge on any atom is -0.410 e. The Kier molecular flexibility index (Phi) is 4.60. The second-order valence-corrected chi connectivity index (χ2v) is 6.68. The molecule has 2 aromatic carbocycles. The summed E-state index contributed by atoms with van der Waals surface area (Å²) in [7, 11) is 0. The molecule has 0 radical (unpaired) electrons. The van der Waals surface area contributed by atoms with Gasteiger partial charge in [-0.05, 0) is 41.8 Å². The second-order valence-electron chi connectivity index (χ2n) is 6.68. The summed E-state index contributed by atoms with van der Waals surface area (Å²) in [6.07, 6.45) is 0.343. The monoisotopic (exact) mass is 365 g/mol. The molecule has 2 N–H and O–H groups in total. The fourth-order valence-corrected chi connectivity index (χ4v) is 3.49. The van der Waals surface area contributed by atoms with Gasteiger partial charge >= 0.3 is 6.09 Å². The number of nitrogens with one attached hydrogen (secondary N) is 2. The van der Waals surface area contributed by atoms with Crippen molar-refractivity contribution < 1.29 is 19.1 Å². The molecule has 27 heavy (non-hydrogen) atoms. The lowest BCUT2D eigenvalue weighted by Gasteiger charge is -2.29. The van der Waals surface area contributed by atoms with Gasteiger partial charge in [0.1, 0.15) is 5.75 Å². The zero-order chi connectivity index (χ0) is 18.8. The lowest BCUT2D eigenvalue weighted by molar-refractivity contribution is -0.137. The van der Waals surface area contributed by atoms with Crippen molar-refractivity contribution in [1.29, 1.82) is 0 Å². The minimum atomic E-state index is -0.554. The van der Waals surface area contributed by atoms with Crippen LogP contribution in [0.1, 0.15) is 24.0 Å². The fourth-order valence-electron chi connectivity index (χ4n) is 3.49. The number of amides is 3. The van der Waals surface area contributed by atoms with Crippen molar-refractivity contribution in [3.63, 3.8) is 0 Å². The Morgan fingerprint density at radius 3 is 2.63 bits per heavy atom. The van der Waals surface area contributed by atoms with E-state index in [4.69, 9.17) is 4.74 Å².